The molecule has 1 fully saturated rings. The van der Waals surface area contributed by atoms with Crippen molar-refractivity contribution in [3.8, 4) is 5.69 Å². The summed E-state index contributed by atoms with van der Waals surface area (Å²) in [4.78, 5) is 1.55. The van der Waals surface area contributed by atoms with Crippen LogP contribution in [0.5, 0.6) is 0 Å². The second kappa shape index (κ2) is 6.07. The topological polar surface area (TPSA) is 40.1 Å². The van der Waals surface area contributed by atoms with E-state index in [1.165, 1.54) is 43.5 Å². The van der Waals surface area contributed by atoms with Crippen LogP contribution in [0.2, 0.25) is 0 Å². The predicted octanol–water partition coefficient (Wildman–Crippen LogP) is 1.44. The zero-order valence-corrected chi connectivity index (χ0v) is 13.5. The molecule has 0 saturated carbocycles. The minimum Gasteiger partial charge on any atom is -0.316 e. The van der Waals surface area contributed by atoms with Crippen LogP contribution in [0.4, 0.5) is 0 Å². The summed E-state index contributed by atoms with van der Waals surface area (Å²) in [5.74, 6) is 0. The van der Waals surface area contributed by atoms with Gasteiger partial charge in [0.05, 0.1) is 18.8 Å². The fourth-order valence-corrected chi connectivity index (χ4v) is 3.15. The van der Waals surface area contributed by atoms with Gasteiger partial charge in [0.25, 0.3) is 0 Å². The summed E-state index contributed by atoms with van der Waals surface area (Å²) in [6, 6.07) is 6.18. The lowest BCUT2D eigenvalue weighted by Crippen LogP contribution is -3.12. The molecule has 3 rings (SSSR count). The van der Waals surface area contributed by atoms with Crippen LogP contribution in [0.3, 0.4) is 0 Å². The Balaban J connectivity index is 1.88. The zero-order chi connectivity index (χ0) is 14.8. The first kappa shape index (κ1) is 14.4. The Morgan fingerprint density at radius 3 is 2.67 bits per heavy atom. The van der Waals surface area contributed by atoms with Crippen molar-refractivity contribution >= 4 is 12.2 Å². The van der Waals surface area contributed by atoms with Crippen LogP contribution in [0.15, 0.2) is 18.2 Å². The van der Waals surface area contributed by atoms with Crippen LogP contribution < -0.4 is 4.90 Å². The number of aryl methyl sites for hydroxylation is 1. The van der Waals surface area contributed by atoms with E-state index in [0.717, 1.165) is 12.4 Å². The highest BCUT2D eigenvalue weighted by atomic mass is 32.1. The standard InChI is InChI=1S/C15H21N5S/c1-12-7-6-8-14(13(12)2)20-15(21)19(16-17-20)11-18-9-4-3-5-10-18/h6-8H,3-5,9-11H2,1-2H3/p+1. The third-order valence-corrected chi connectivity index (χ3v) is 4.76. The van der Waals surface area contributed by atoms with Crippen molar-refractivity contribution in [2.24, 2.45) is 0 Å². The zero-order valence-electron chi connectivity index (χ0n) is 12.7. The minimum atomic E-state index is 0.682. The number of likely N-dealkylation sites (tertiary alicyclic amines) is 1. The fourth-order valence-electron chi connectivity index (χ4n) is 2.91. The number of hydrogen-bond acceptors (Lipinski definition) is 3. The molecule has 0 atom stereocenters. The van der Waals surface area contributed by atoms with E-state index < -0.39 is 0 Å². The molecule has 1 aliphatic heterocycles. The van der Waals surface area contributed by atoms with E-state index in [1.807, 2.05) is 16.8 Å². The molecule has 0 unspecified atom stereocenters. The number of nitrogens with one attached hydrogen (secondary N) is 1. The van der Waals surface area contributed by atoms with Crippen LogP contribution in [0.25, 0.3) is 5.69 Å². The number of aromatic nitrogens is 4. The number of quaternary nitrogens is 1. The summed E-state index contributed by atoms with van der Waals surface area (Å²) in [6.07, 6.45) is 3.95. The van der Waals surface area contributed by atoms with E-state index in [-0.39, 0.29) is 0 Å². The normalized spacial score (nSPS) is 16.3. The highest BCUT2D eigenvalue weighted by molar-refractivity contribution is 7.71. The van der Waals surface area contributed by atoms with Gasteiger partial charge >= 0.3 is 0 Å². The van der Waals surface area contributed by atoms with E-state index in [4.69, 9.17) is 12.2 Å². The SMILES string of the molecule is Cc1cccc(-n2nnn(C[NH+]3CCCCC3)c2=S)c1C. The Morgan fingerprint density at radius 1 is 1.14 bits per heavy atom. The Bertz CT molecular complexity index is 682. The number of tetrazole rings is 1. The number of nitrogens with zero attached hydrogens (tertiary/aromatic N) is 4. The van der Waals surface area contributed by atoms with Gasteiger partial charge in [-0.3, -0.25) is 0 Å². The molecule has 1 saturated heterocycles. The lowest BCUT2D eigenvalue weighted by Gasteiger charge is -2.22. The third-order valence-electron chi connectivity index (χ3n) is 4.38. The first-order valence-electron chi connectivity index (χ1n) is 7.60. The van der Waals surface area contributed by atoms with Gasteiger partial charge in [0.2, 0.25) is 4.77 Å². The summed E-state index contributed by atoms with van der Waals surface area (Å²) in [6.45, 7) is 7.44. The number of piperidine rings is 1. The van der Waals surface area contributed by atoms with Gasteiger partial charge in [-0.15, -0.1) is 0 Å². The van der Waals surface area contributed by atoms with Crippen molar-refractivity contribution in [3.05, 3.63) is 34.1 Å². The van der Waals surface area contributed by atoms with Gasteiger partial charge < -0.3 is 4.90 Å². The molecule has 1 aromatic carbocycles. The van der Waals surface area contributed by atoms with Crippen molar-refractivity contribution in [2.75, 3.05) is 13.1 Å². The van der Waals surface area contributed by atoms with Crippen molar-refractivity contribution < 1.29 is 4.90 Å². The highest BCUT2D eigenvalue weighted by Crippen LogP contribution is 2.16. The molecule has 0 aliphatic carbocycles. The number of benzene rings is 1. The first-order valence-corrected chi connectivity index (χ1v) is 8.00. The van der Waals surface area contributed by atoms with Gasteiger partial charge in [-0.1, -0.05) is 12.1 Å². The minimum absolute atomic E-state index is 0.682. The van der Waals surface area contributed by atoms with Gasteiger partial charge in [0.15, 0.2) is 6.67 Å². The molecule has 1 aliphatic rings. The van der Waals surface area contributed by atoms with Crippen LogP contribution in [0, 0.1) is 18.6 Å². The average Bonchev–Trinajstić information content (AvgIpc) is 2.84. The van der Waals surface area contributed by atoms with E-state index in [0.29, 0.717) is 4.77 Å². The van der Waals surface area contributed by atoms with Gasteiger partial charge in [0.1, 0.15) is 0 Å². The third kappa shape index (κ3) is 2.91. The largest absolute Gasteiger partial charge is 0.316 e. The lowest BCUT2D eigenvalue weighted by atomic mass is 10.1. The maximum absolute atomic E-state index is 5.57. The Kier molecular flexibility index (Phi) is 4.17. The first-order chi connectivity index (χ1) is 10.2. The molecule has 0 radical (unpaired) electrons. The Hall–Kier alpha value is -1.53. The maximum atomic E-state index is 5.57. The average molecular weight is 304 g/mol. The molecule has 0 spiro atoms. The molecule has 6 heteroatoms. The quantitative estimate of drug-likeness (QED) is 0.872. The van der Waals surface area contributed by atoms with Gasteiger partial charge in [-0.05, 0) is 72.9 Å². The molecular weight excluding hydrogens is 282 g/mol. The van der Waals surface area contributed by atoms with Crippen molar-refractivity contribution in [1.82, 2.24) is 19.8 Å². The second-order valence-electron chi connectivity index (χ2n) is 5.86. The predicted molar refractivity (Wildman–Crippen MR) is 84.2 cm³/mol. The summed E-state index contributed by atoms with van der Waals surface area (Å²) < 4.78 is 4.32. The molecule has 1 N–H and O–H groups in total. The summed E-state index contributed by atoms with van der Waals surface area (Å²) in [5, 5.41) is 8.53. The van der Waals surface area contributed by atoms with E-state index in [9.17, 15) is 0 Å². The molecule has 21 heavy (non-hydrogen) atoms. The van der Waals surface area contributed by atoms with Gasteiger partial charge in [-0.2, -0.15) is 9.36 Å². The molecule has 5 nitrogen and oxygen atoms in total. The summed E-state index contributed by atoms with van der Waals surface area (Å²) in [7, 11) is 0. The van der Waals surface area contributed by atoms with Crippen LogP contribution in [-0.4, -0.2) is 32.9 Å². The Morgan fingerprint density at radius 2 is 1.90 bits per heavy atom. The molecule has 2 aromatic rings. The molecule has 1 aromatic heterocycles. The van der Waals surface area contributed by atoms with Crippen LogP contribution in [0.1, 0.15) is 30.4 Å². The summed E-state index contributed by atoms with van der Waals surface area (Å²) in [5.41, 5.74) is 3.47. The molecule has 112 valence electrons. The van der Waals surface area contributed by atoms with E-state index in [1.54, 1.807) is 9.58 Å². The second-order valence-corrected chi connectivity index (χ2v) is 6.23. The van der Waals surface area contributed by atoms with E-state index in [2.05, 4.69) is 30.3 Å². The maximum Gasteiger partial charge on any atom is 0.225 e. The smallest absolute Gasteiger partial charge is 0.225 e. The van der Waals surface area contributed by atoms with Crippen molar-refractivity contribution in [1.29, 1.82) is 0 Å². The summed E-state index contributed by atoms with van der Waals surface area (Å²) >= 11 is 5.57. The number of rotatable bonds is 3. The highest BCUT2D eigenvalue weighted by Gasteiger charge is 2.16. The monoisotopic (exact) mass is 304 g/mol. The van der Waals surface area contributed by atoms with Gasteiger partial charge in [0, 0.05) is 0 Å². The molecule has 2 heterocycles. The molecule has 0 amide bonds. The lowest BCUT2D eigenvalue weighted by molar-refractivity contribution is -0.928. The Labute approximate surface area is 130 Å². The molecular formula is C15H22N5S+. The van der Waals surface area contributed by atoms with Crippen LogP contribution in [-0.2, 0) is 6.67 Å². The van der Waals surface area contributed by atoms with Crippen molar-refractivity contribution in [3.63, 3.8) is 0 Å². The van der Waals surface area contributed by atoms with Crippen LogP contribution >= 0.6 is 12.2 Å². The van der Waals surface area contributed by atoms with Gasteiger partial charge in [-0.25, -0.2) is 0 Å². The van der Waals surface area contributed by atoms with Crippen molar-refractivity contribution in [2.45, 2.75) is 39.8 Å². The van der Waals surface area contributed by atoms with E-state index >= 15 is 0 Å². The number of hydrogen-bond donors (Lipinski definition) is 1. The molecule has 0 bridgehead atoms. The fraction of sp³-hybridized carbons (Fsp3) is 0.533.